The highest BCUT2D eigenvalue weighted by atomic mass is 16.5. The molecule has 2 N–H and O–H groups in total. The van der Waals surface area contributed by atoms with Gasteiger partial charge in [0.2, 0.25) is 5.88 Å². The smallest absolute Gasteiger partial charge is 0.232 e. The van der Waals surface area contributed by atoms with Gasteiger partial charge in [-0.25, -0.2) is 0 Å². The maximum Gasteiger partial charge on any atom is 0.232 e. The van der Waals surface area contributed by atoms with Crippen LogP contribution in [0.1, 0.15) is 24.5 Å². The molecule has 1 atom stereocenters. The zero-order chi connectivity index (χ0) is 9.10. The van der Waals surface area contributed by atoms with Crippen LogP contribution in [0.25, 0.3) is 0 Å². The lowest BCUT2D eigenvalue weighted by Crippen LogP contribution is -2.28. The fourth-order valence-corrected chi connectivity index (χ4v) is 1.75. The van der Waals surface area contributed by atoms with Gasteiger partial charge in [0.05, 0.1) is 7.11 Å². The molecule has 1 aromatic heterocycles. The van der Waals surface area contributed by atoms with Gasteiger partial charge in [0.15, 0.2) is 0 Å². The van der Waals surface area contributed by atoms with E-state index in [-0.39, 0.29) is 0 Å². The predicted molar refractivity (Wildman–Crippen MR) is 50.0 cm³/mol. The molecule has 1 unspecified atom stereocenters. The normalized spacial score (nSPS) is 23.0. The van der Waals surface area contributed by atoms with Crippen LogP contribution in [0.3, 0.4) is 0 Å². The average Bonchev–Trinajstić information content (AvgIpc) is 2.67. The van der Waals surface area contributed by atoms with Crippen LogP contribution in [-0.4, -0.2) is 30.4 Å². The van der Waals surface area contributed by atoms with Crippen molar-refractivity contribution in [2.45, 2.75) is 18.8 Å². The standard InChI is InChI=1S/C9H15N3O/c1-13-9-5-8(11-12-9)7-3-2-4-10-6-7/h5,7,10H,2-4,6H2,1H3,(H,11,12). The lowest BCUT2D eigenvalue weighted by atomic mass is 9.96. The van der Waals surface area contributed by atoms with E-state index >= 15 is 0 Å². The highest BCUT2D eigenvalue weighted by Crippen LogP contribution is 2.23. The average molecular weight is 181 g/mol. The fraction of sp³-hybridized carbons (Fsp3) is 0.667. The van der Waals surface area contributed by atoms with E-state index in [1.54, 1.807) is 7.11 Å². The summed E-state index contributed by atoms with van der Waals surface area (Å²) in [6, 6.07) is 1.98. The molecule has 0 spiro atoms. The van der Waals surface area contributed by atoms with Crippen molar-refractivity contribution in [3.8, 4) is 5.88 Å². The summed E-state index contributed by atoms with van der Waals surface area (Å²) in [4.78, 5) is 0. The lowest BCUT2D eigenvalue weighted by Gasteiger charge is -2.20. The second-order valence-electron chi connectivity index (χ2n) is 3.41. The van der Waals surface area contributed by atoms with E-state index in [0.717, 1.165) is 13.1 Å². The molecule has 1 fully saturated rings. The van der Waals surface area contributed by atoms with Gasteiger partial charge in [0.1, 0.15) is 0 Å². The van der Waals surface area contributed by atoms with Gasteiger partial charge >= 0.3 is 0 Å². The van der Waals surface area contributed by atoms with Gasteiger partial charge in [0.25, 0.3) is 0 Å². The number of H-pyrrole nitrogens is 1. The van der Waals surface area contributed by atoms with E-state index in [2.05, 4.69) is 15.5 Å². The van der Waals surface area contributed by atoms with Crippen LogP contribution in [0, 0.1) is 0 Å². The first-order chi connectivity index (χ1) is 6.40. The van der Waals surface area contributed by atoms with E-state index in [1.165, 1.54) is 18.5 Å². The molecule has 2 heterocycles. The van der Waals surface area contributed by atoms with Gasteiger partial charge in [-0.05, 0) is 19.4 Å². The van der Waals surface area contributed by atoms with Gasteiger partial charge in [0, 0.05) is 24.2 Å². The summed E-state index contributed by atoms with van der Waals surface area (Å²) in [5, 5.41) is 10.4. The molecule has 4 heteroatoms. The fourth-order valence-electron chi connectivity index (χ4n) is 1.75. The van der Waals surface area contributed by atoms with Crippen LogP contribution in [0.5, 0.6) is 5.88 Å². The van der Waals surface area contributed by atoms with Crippen LogP contribution in [0.2, 0.25) is 0 Å². The first-order valence-corrected chi connectivity index (χ1v) is 4.70. The van der Waals surface area contributed by atoms with Crippen LogP contribution in [0.4, 0.5) is 0 Å². The summed E-state index contributed by atoms with van der Waals surface area (Å²) in [5.41, 5.74) is 1.18. The van der Waals surface area contributed by atoms with Crippen LogP contribution < -0.4 is 10.1 Å². The number of rotatable bonds is 2. The van der Waals surface area contributed by atoms with Crippen molar-refractivity contribution in [2.24, 2.45) is 0 Å². The van der Waals surface area contributed by atoms with Gasteiger partial charge < -0.3 is 10.1 Å². The van der Waals surface area contributed by atoms with Crippen LogP contribution in [-0.2, 0) is 0 Å². The molecular formula is C9H15N3O. The van der Waals surface area contributed by atoms with Crippen molar-refractivity contribution in [2.75, 3.05) is 20.2 Å². The Balaban J connectivity index is 2.05. The van der Waals surface area contributed by atoms with Crippen molar-refractivity contribution in [1.29, 1.82) is 0 Å². The molecule has 0 radical (unpaired) electrons. The molecule has 0 aromatic carbocycles. The number of aromatic amines is 1. The number of methoxy groups -OCH3 is 1. The molecule has 0 bridgehead atoms. The molecule has 0 aliphatic carbocycles. The second-order valence-corrected chi connectivity index (χ2v) is 3.41. The van der Waals surface area contributed by atoms with Gasteiger partial charge in [-0.3, -0.25) is 5.10 Å². The summed E-state index contributed by atoms with van der Waals surface area (Å²) >= 11 is 0. The summed E-state index contributed by atoms with van der Waals surface area (Å²) < 4.78 is 5.02. The van der Waals surface area contributed by atoms with Crippen LogP contribution in [0.15, 0.2) is 6.07 Å². The highest BCUT2D eigenvalue weighted by molar-refractivity contribution is 5.18. The first kappa shape index (κ1) is 8.56. The quantitative estimate of drug-likeness (QED) is 0.712. The maximum absolute atomic E-state index is 5.02. The molecule has 13 heavy (non-hydrogen) atoms. The zero-order valence-corrected chi connectivity index (χ0v) is 7.84. The topological polar surface area (TPSA) is 49.9 Å². The third-order valence-electron chi connectivity index (χ3n) is 2.52. The summed E-state index contributed by atoms with van der Waals surface area (Å²) in [6.07, 6.45) is 2.48. The minimum atomic E-state index is 0.574. The van der Waals surface area contributed by atoms with Gasteiger partial charge in [-0.2, -0.15) is 0 Å². The molecule has 1 aliphatic rings. The number of hydrogen-bond acceptors (Lipinski definition) is 3. The first-order valence-electron chi connectivity index (χ1n) is 4.70. The number of nitrogens with one attached hydrogen (secondary N) is 2. The van der Waals surface area contributed by atoms with E-state index in [4.69, 9.17) is 4.74 Å². The Morgan fingerprint density at radius 2 is 2.54 bits per heavy atom. The number of aromatic nitrogens is 2. The van der Waals surface area contributed by atoms with E-state index < -0.39 is 0 Å². The van der Waals surface area contributed by atoms with Crippen molar-refractivity contribution in [1.82, 2.24) is 15.5 Å². The Morgan fingerprint density at radius 3 is 3.15 bits per heavy atom. The Labute approximate surface area is 77.7 Å². The SMILES string of the molecule is COc1cc(C2CCCNC2)[nH]n1. The van der Waals surface area contributed by atoms with E-state index in [1.807, 2.05) is 6.07 Å². The monoisotopic (exact) mass is 181 g/mol. The maximum atomic E-state index is 5.02. The van der Waals surface area contributed by atoms with E-state index in [9.17, 15) is 0 Å². The molecule has 72 valence electrons. The molecule has 0 saturated carbocycles. The third-order valence-corrected chi connectivity index (χ3v) is 2.52. The third kappa shape index (κ3) is 1.83. The Hall–Kier alpha value is -1.03. The number of nitrogens with zero attached hydrogens (tertiary/aromatic N) is 1. The Kier molecular flexibility index (Phi) is 2.49. The van der Waals surface area contributed by atoms with Gasteiger partial charge in [-0.15, -0.1) is 5.10 Å². The Morgan fingerprint density at radius 1 is 1.62 bits per heavy atom. The van der Waals surface area contributed by atoms with E-state index in [0.29, 0.717) is 11.8 Å². The second kappa shape index (κ2) is 3.79. The summed E-state index contributed by atoms with van der Waals surface area (Å²) in [6.45, 7) is 2.19. The van der Waals surface area contributed by atoms with Crippen LogP contribution >= 0.6 is 0 Å². The number of hydrogen-bond donors (Lipinski definition) is 2. The summed E-state index contributed by atoms with van der Waals surface area (Å²) in [7, 11) is 1.64. The Bertz CT molecular complexity index is 266. The molecule has 1 saturated heterocycles. The number of piperidine rings is 1. The molecule has 2 rings (SSSR count). The minimum Gasteiger partial charge on any atom is -0.480 e. The molecular weight excluding hydrogens is 166 g/mol. The minimum absolute atomic E-state index is 0.574. The summed E-state index contributed by atoms with van der Waals surface area (Å²) in [5.74, 6) is 1.26. The predicted octanol–water partition coefficient (Wildman–Crippen LogP) is 0.885. The van der Waals surface area contributed by atoms with Gasteiger partial charge in [-0.1, -0.05) is 0 Å². The molecule has 0 amide bonds. The van der Waals surface area contributed by atoms with Crippen molar-refractivity contribution >= 4 is 0 Å². The largest absolute Gasteiger partial charge is 0.480 e. The molecule has 1 aromatic rings. The molecule has 4 nitrogen and oxygen atoms in total. The zero-order valence-electron chi connectivity index (χ0n) is 7.84. The van der Waals surface area contributed by atoms with Crippen molar-refractivity contribution in [3.05, 3.63) is 11.8 Å². The van der Waals surface area contributed by atoms with Crippen molar-refractivity contribution in [3.63, 3.8) is 0 Å². The lowest BCUT2D eigenvalue weighted by molar-refractivity contribution is 0.397. The molecule has 1 aliphatic heterocycles. The van der Waals surface area contributed by atoms with Crippen molar-refractivity contribution < 1.29 is 4.74 Å². The highest BCUT2D eigenvalue weighted by Gasteiger charge is 2.17. The number of ether oxygens (including phenoxy) is 1.